The maximum absolute atomic E-state index is 12.5. The highest BCUT2D eigenvalue weighted by Crippen LogP contribution is 2.25. The van der Waals surface area contributed by atoms with Crippen LogP contribution in [0.25, 0.3) is 0 Å². The Balaban J connectivity index is 2.14. The Labute approximate surface area is 124 Å². The lowest BCUT2D eigenvalue weighted by Gasteiger charge is -2.38. The average molecular weight is 294 g/mol. The van der Waals surface area contributed by atoms with Crippen molar-refractivity contribution in [2.75, 3.05) is 6.54 Å². The van der Waals surface area contributed by atoms with Crippen LogP contribution in [0, 0.1) is 5.41 Å². The minimum atomic E-state index is -0.436. The number of piperazine rings is 1. The number of thiophene rings is 1. The van der Waals surface area contributed by atoms with E-state index in [1.54, 1.807) is 16.2 Å². The van der Waals surface area contributed by atoms with Crippen LogP contribution in [-0.4, -0.2) is 29.3 Å². The molecule has 110 valence electrons. The molecule has 2 rings (SSSR count). The van der Waals surface area contributed by atoms with Crippen molar-refractivity contribution < 1.29 is 9.59 Å². The van der Waals surface area contributed by atoms with E-state index >= 15 is 0 Å². The third-order valence-corrected chi connectivity index (χ3v) is 4.69. The van der Waals surface area contributed by atoms with E-state index in [-0.39, 0.29) is 23.8 Å². The molecule has 0 spiro atoms. The number of carbonyl (C=O) groups is 2. The molecule has 0 saturated carbocycles. The molecule has 1 aliphatic rings. The second-order valence-corrected chi connectivity index (χ2v) is 7.54. The van der Waals surface area contributed by atoms with Gasteiger partial charge in [0.15, 0.2) is 0 Å². The van der Waals surface area contributed by atoms with E-state index in [9.17, 15) is 9.59 Å². The Bertz CT molecular complexity index is 516. The topological polar surface area (TPSA) is 49.4 Å². The van der Waals surface area contributed by atoms with E-state index in [2.05, 4.69) is 24.4 Å². The fraction of sp³-hybridized carbons (Fsp3) is 0.600. The van der Waals surface area contributed by atoms with Crippen molar-refractivity contribution in [3.05, 3.63) is 21.9 Å². The Morgan fingerprint density at radius 2 is 1.95 bits per heavy atom. The van der Waals surface area contributed by atoms with E-state index in [1.165, 1.54) is 4.88 Å². The minimum absolute atomic E-state index is 0.0172. The van der Waals surface area contributed by atoms with Crippen LogP contribution in [0.1, 0.15) is 37.4 Å². The third kappa shape index (κ3) is 3.20. The zero-order valence-electron chi connectivity index (χ0n) is 12.5. The molecule has 1 fully saturated rings. The summed E-state index contributed by atoms with van der Waals surface area (Å²) in [6.45, 7) is 8.72. The molecule has 1 aromatic rings. The first-order valence-corrected chi connectivity index (χ1v) is 7.78. The predicted molar refractivity (Wildman–Crippen MR) is 80.5 cm³/mol. The summed E-state index contributed by atoms with van der Waals surface area (Å²) in [6, 6.07) is 3.71. The lowest BCUT2D eigenvalue weighted by atomic mass is 9.85. The average Bonchev–Trinajstić information content (AvgIpc) is 2.79. The fourth-order valence-electron chi connectivity index (χ4n) is 2.31. The van der Waals surface area contributed by atoms with Crippen molar-refractivity contribution in [1.29, 1.82) is 0 Å². The highest BCUT2D eigenvalue weighted by Gasteiger charge is 2.39. The molecule has 1 aliphatic heterocycles. The third-order valence-electron chi connectivity index (χ3n) is 3.48. The molecule has 0 radical (unpaired) electrons. The smallest absolute Gasteiger partial charge is 0.246 e. The van der Waals surface area contributed by atoms with Gasteiger partial charge in [0.1, 0.15) is 6.04 Å². The number of nitrogens with zero attached hydrogens (tertiary/aromatic N) is 1. The van der Waals surface area contributed by atoms with Gasteiger partial charge in [-0.15, -0.1) is 11.3 Å². The van der Waals surface area contributed by atoms with Gasteiger partial charge in [-0.05, 0) is 24.0 Å². The first-order valence-electron chi connectivity index (χ1n) is 6.97. The van der Waals surface area contributed by atoms with Gasteiger partial charge in [-0.25, -0.2) is 0 Å². The number of rotatable bonds is 3. The van der Waals surface area contributed by atoms with Crippen LogP contribution in [0.15, 0.2) is 12.1 Å². The summed E-state index contributed by atoms with van der Waals surface area (Å²) in [6.07, 6.45) is 1.00. The molecule has 1 N–H and O–H groups in total. The Morgan fingerprint density at radius 1 is 1.30 bits per heavy atom. The monoisotopic (exact) mass is 294 g/mol. The summed E-state index contributed by atoms with van der Waals surface area (Å²) in [7, 11) is 0. The van der Waals surface area contributed by atoms with Gasteiger partial charge in [-0.3, -0.25) is 9.59 Å². The molecule has 0 aromatic carbocycles. The first-order chi connectivity index (χ1) is 9.31. The Hall–Kier alpha value is -1.36. The maximum Gasteiger partial charge on any atom is 0.246 e. The second-order valence-electron chi connectivity index (χ2n) is 6.28. The zero-order chi connectivity index (χ0) is 14.9. The quantitative estimate of drug-likeness (QED) is 0.929. The van der Waals surface area contributed by atoms with Crippen LogP contribution in [0.3, 0.4) is 0 Å². The molecular formula is C15H22N2O2S. The number of amides is 2. The molecule has 0 aliphatic carbocycles. The summed E-state index contributed by atoms with van der Waals surface area (Å²) in [5.41, 5.74) is -0.268. The minimum Gasteiger partial charge on any atom is -0.342 e. The van der Waals surface area contributed by atoms with Gasteiger partial charge in [-0.1, -0.05) is 27.7 Å². The van der Waals surface area contributed by atoms with E-state index in [1.807, 2.05) is 20.8 Å². The molecule has 1 aromatic heterocycles. The zero-order valence-corrected chi connectivity index (χ0v) is 13.3. The van der Waals surface area contributed by atoms with Gasteiger partial charge in [0.2, 0.25) is 11.8 Å². The van der Waals surface area contributed by atoms with Crippen LogP contribution >= 0.6 is 11.3 Å². The van der Waals surface area contributed by atoms with E-state index in [0.29, 0.717) is 6.54 Å². The number of carbonyl (C=O) groups excluding carboxylic acids is 2. The molecule has 5 heteroatoms. The van der Waals surface area contributed by atoms with Crippen molar-refractivity contribution in [3.63, 3.8) is 0 Å². The maximum atomic E-state index is 12.5. The largest absolute Gasteiger partial charge is 0.342 e. The molecule has 1 saturated heterocycles. The highest BCUT2D eigenvalue weighted by atomic mass is 32.1. The number of aryl methyl sites for hydroxylation is 1. The van der Waals surface area contributed by atoms with Crippen molar-refractivity contribution in [2.24, 2.45) is 5.41 Å². The predicted octanol–water partition coefficient (Wildman–Crippen LogP) is 2.18. The number of hydrogen-bond donors (Lipinski definition) is 1. The molecule has 4 nitrogen and oxygen atoms in total. The molecule has 20 heavy (non-hydrogen) atoms. The summed E-state index contributed by atoms with van der Waals surface area (Å²) in [4.78, 5) is 28.5. The Morgan fingerprint density at radius 3 is 2.50 bits per heavy atom. The Kier molecular flexibility index (Phi) is 4.18. The van der Waals surface area contributed by atoms with Crippen LogP contribution in [-0.2, 0) is 22.6 Å². The lowest BCUT2D eigenvalue weighted by molar-refractivity contribution is -0.147. The van der Waals surface area contributed by atoms with Gasteiger partial charge in [0.25, 0.3) is 0 Å². The van der Waals surface area contributed by atoms with Gasteiger partial charge in [-0.2, -0.15) is 0 Å². The summed E-state index contributed by atoms with van der Waals surface area (Å²) < 4.78 is 0. The van der Waals surface area contributed by atoms with Crippen LogP contribution < -0.4 is 5.32 Å². The number of nitrogens with one attached hydrogen (secondary N) is 1. The lowest BCUT2D eigenvalue weighted by Crippen LogP contribution is -2.61. The normalized spacial score (nSPS) is 20.2. The molecule has 1 unspecified atom stereocenters. The van der Waals surface area contributed by atoms with Gasteiger partial charge >= 0.3 is 0 Å². The van der Waals surface area contributed by atoms with E-state index < -0.39 is 6.04 Å². The summed E-state index contributed by atoms with van der Waals surface area (Å²) in [5, 5.41) is 2.81. The molecular weight excluding hydrogens is 272 g/mol. The van der Waals surface area contributed by atoms with E-state index in [4.69, 9.17) is 0 Å². The number of hydrogen-bond acceptors (Lipinski definition) is 3. The van der Waals surface area contributed by atoms with Gasteiger partial charge in [0.05, 0.1) is 13.1 Å². The standard InChI is InChI=1S/C15H22N2O2S/c1-5-10-6-7-11(20-10)8-17-9-12(18)16-13(14(17)19)15(2,3)4/h6-7,13H,5,8-9H2,1-4H3,(H,16,18). The fourth-order valence-corrected chi connectivity index (χ4v) is 3.28. The van der Waals surface area contributed by atoms with E-state index in [0.717, 1.165) is 11.3 Å². The molecule has 2 amide bonds. The first kappa shape index (κ1) is 15.0. The van der Waals surface area contributed by atoms with Crippen molar-refractivity contribution in [1.82, 2.24) is 10.2 Å². The van der Waals surface area contributed by atoms with Gasteiger partial charge in [0, 0.05) is 9.75 Å². The molecule has 2 heterocycles. The van der Waals surface area contributed by atoms with Crippen LogP contribution in [0.4, 0.5) is 0 Å². The van der Waals surface area contributed by atoms with Crippen molar-refractivity contribution >= 4 is 23.2 Å². The van der Waals surface area contributed by atoms with Crippen LogP contribution in [0.5, 0.6) is 0 Å². The molecule has 0 bridgehead atoms. The van der Waals surface area contributed by atoms with Crippen molar-refractivity contribution in [3.8, 4) is 0 Å². The van der Waals surface area contributed by atoms with Crippen LogP contribution in [0.2, 0.25) is 0 Å². The van der Waals surface area contributed by atoms with Crippen molar-refractivity contribution in [2.45, 2.75) is 46.7 Å². The summed E-state index contributed by atoms with van der Waals surface area (Å²) in [5.74, 6) is -0.0552. The second kappa shape index (κ2) is 5.56. The molecule has 1 atom stereocenters. The highest BCUT2D eigenvalue weighted by molar-refractivity contribution is 7.11. The summed E-state index contributed by atoms with van der Waals surface area (Å²) >= 11 is 1.71. The van der Waals surface area contributed by atoms with Gasteiger partial charge < -0.3 is 10.2 Å². The SMILES string of the molecule is CCc1ccc(CN2CC(=O)NC(C(C)(C)C)C2=O)s1.